The van der Waals surface area contributed by atoms with Crippen molar-refractivity contribution in [2.24, 2.45) is 0 Å². The first kappa shape index (κ1) is 21.1. The van der Waals surface area contributed by atoms with Crippen molar-refractivity contribution < 1.29 is 14.0 Å². The molecule has 10 heteroatoms. The third-order valence-corrected chi connectivity index (χ3v) is 5.85. The molecule has 31 heavy (non-hydrogen) atoms. The van der Waals surface area contributed by atoms with Gasteiger partial charge >= 0.3 is 0 Å². The molecule has 0 saturated carbocycles. The molecule has 0 unspecified atom stereocenters. The van der Waals surface area contributed by atoms with Crippen LogP contribution < -0.4 is 16.2 Å². The van der Waals surface area contributed by atoms with Crippen LogP contribution in [0.2, 0.25) is 5.02 Å². The number of thioether (sulfide) groups is 1. The second-order valence-electron chi connectivity index (χ2n) is 6.81. The molecule has 0 radical (unpaired) electrons. The molecule has 7 nitrogen and oxygen atoms in total. The van der Waals surface area contributed by atoms with Gasteiger partial charge < -0.3 is 15.6 Å². The van der Waals surface area contributed by atoms with Crippen molar-refractivity contribution in [2.45, 2.75) is 23.2 Å². The van der Waals surface area contributed by atoms with Gasteiger partial charge in [0.2, 0.25) is 11.8 Å². The normalized spacial score (nSPS) is 15.2. The predicted molar refractivity (Wildman–Crippen MR) is 117 cm³/mol. The summed E-state index contributed by atoms with van der Waals surface area (Å²) in [6, 6.07) is 12.8. The molecule has 1 aromatic heterocycles. The summed E-state index contributed by atoms with van der Waals surface area (Å²) in [4.78, 5) is 44.6. The Bertz CT molecular complexity index is 1220. The minimum Gasteiger partial charge on any atom is -0.326 e. The Hall–Kier alpha value is -3.17. The van der Waals surface area contributed by atoms with Gasteiger partial charge in [-0.1, -0.05) is 41.6 Å². The lowest BCUT2D eigenvalue weighted by atomic mass is 9.92. The first-order chi connectivity index (χ1) is 14.9. The monoisotopic (exact) mass is 458 g/mol. The molecule has 158 valence electrons. The van der Waals surface area contributed by atoms with Gasteiger partial charge in [-0.25, -0.2) is 9.37 Å². The highest BCUT2D eigenvalue weighted by Gasteiger charge is 2.34. The van der Waals surface area contributed by atoms with Crippen molar-refractivity contribution in [1.82, 2.24) is 9.97 Å². The van der Waals surface area contributed by atoms with E-state index in [1.165, 1.54) is 6.07 Å². The smallest absolute Gasteiger partial charge is 0.257 e. The van der Waals surface area contributed by atoms with Crippen molar-refractivity contribution in [3.05, 3.63) is 80.9 Å². The van der Waals surface area contributed by atoms with E-state index in [1.807, 2.05) is 0 Å². The van der Waals surface area contributed by atoms with Crippen molar-refractivity contribution in [1.29, 1.82) is 0 Å². The van der Waals surface area contributed by atoms with Crippen LogP contribution in [0.25, 0.3) is 0 Å². The SMILES string of the molecule is O=C1C[C@H](C(=O)Nc2ccc(Cl)cc2)c2c(nc(SCc3ccccc3F)[nH]c2=O)N1. The molecule has 0 spiro atoms. The van der Waals surface area contributed by atoms with Gasteiger partial charge in [0, 0.05) is 22.9 Å². The maximum absolute atomic E-state index is 13.8. The summed E-state index contributed by atoms with van der Waals surface area (Å²) in [5.74, 6) is -2.01. The number of nitrogens with one attached hydrogen (secondary N) is 3. The van der Waals surface area contributed by atoms with Crippen molar-refractivity contribution in [3.63, 3.8) is 0 Å². The molecule has 2 amide bonds. The van der Waals surface area contributed by atoms with E-state index in [0.29, 0.717) is 16.3 Å². The summed E-state index contributed by atoms with van der Waals surface area (Å²) in [6.07, 6.45) is -0.182. The van der Waals surface area contributed by atoms with E-state index in [2.05, 4.69) is 20.6 Å². The number of aromatic nitrogens is 2. The Labute approximate surface area is 185 Å². The third-order valence-electron chi connectivity index (χ3n) is 4.68. The van der Waals surface area contributed by atoms with Gasteiger partial charge in [0.15, 0.2) is 5.16 Å². The zero-order chi connectivity index (χ0) is 22.0. The van der Waals surface area contributed by atoms with Crippen LogP contribution in [-0.4, -0.2) is 21.8 Å². The number of carbonyl (C=O) groups is 2. The minimum absolute atomic E-state index is 0.0345. The van der Waals surface area contributed by atoms with E-state index in [0.717, 1.165) is 11.8 Å². The zero-order valence-corrected chi connectivity index (χ0v) is 17.5. The molecule has 0 fully saturated rings. The highest BCUT2D eigenvalue weighted by molar-refractivity contribution is 7.98. The molecular weight excluding hydrogens is 443 g/mol. The Morgan fingerprint density at radius 2 is 1.94 bits per heavy atom. The Kier molecular flexibility index (Phi) is 6.06. The quantitative estimate of drug-likeness (QED) is 0.397. The second-order valence-corrected chi connectivity index (χ2v) is 8.21. The van der Waals surface area contributed by atoms with Gasteiger partial charge in [-0.3, -0.25) is 14.4 Å². The van der Waals surface area contributed by atoms with Crippen molar-refractivity contribution in [3.8, 4) is 0 Å². The fourth-order valence-corrected chi connectivity index (χ4v) is 4.14. The van der Waals surface area contributed by atoms with Gasteiger partial charge in [0.1, 0.15) is 11.6 Å². The van der Waals surface area contributed by atoms with Gasteiger partial charge in [-0.2, -0.15) is 0 Å². The lowest BCUT2D eigenvalue weighted by molar-refractivity contribution is -0.123. The van der Waals surface area contributed by atoms with E-state index >= 15 is 0 Å². The maximum atomic E-state index is 13.8. The number of carbonyl (C=O) groups excluding carboxylic acids is 2. The molecule has 0 bridgehead atoms. The number of aromatic amines is 1. The van der Waals surface area contributed by atoms with Crippen LogP contribution in [0.3, 0.4) is 0 Å². The number of hydrogen-bond acceptors (Lipinski definition) is 5. The summed E-state index contributed by atoms with van der Waals surface area (Å²) in [5.41, 5.74) is 0.499. The Balaban J connectivity index is 1.58. The summed E-state index contributed by atoms with van der Waals surface area (Å²) in [6.45, 7) is 0. The molecule has 1 atom stereocenters. The topological polar surface area (TPSA) is 104 Å². The molecule has 3 aromatic rings. The molecule has 0 aliphatic carbocycles. The number of benzene rings is 2. The number of rotatable bonds is 5. The third kappa shape index (κ3) is 4.78. The number of anilines is 2. The van der Waals surface area contributed by atoms with Crippen molar-refractivity contribution >= 4 is 46.7 Å². The largest absolute Gasteiger partial charge is 0.326 e. The van der Waals surface area contributed by atoms with Gasteiger partial charge in [-0.05, 0) is 35.9 Å². The highest BCUT2D eigenvalue weighted by Crippen LogP contribution is 2.31. The molecule has 2 heterocycles. The van der Waals surface area contributed by atoms with Gasteiger partial charge in [0.25, 0.3) is 5.56 Å². The lowest BCUT2D eigenvalue weighted by Crippen LogP contribution is -2.36. The van der Waals surface area contributed by atoms with Crippen LogP contribution in [0, 0.1) is 5.82 Å². The predicted octanol–water partition coefficient (Wildman–Crippen LogP) is 3.92. The van der Waals surface area contributed by atoms with Crippen LogP contribution in [-0.2, 0) is 15.3 Å². The average Bonchev–Trinajstić information content (AvgIpc) is 2.74. The van der Waals surface area contributed by atoms with Crippen LogP contribution >= 0.6 is 23.4 Å². The van der Waals surface area contributed by atoms with E-state index < -0.39 is 23.3 Å². The van der Waals surface area contributed by atoms with Crippen LogP contribution in [0.5, 0.6) is 0 Å². The van der Waals surface area contributed by atoms with Gasteiger partial charge in [-0.15, -0.1) is 0 Å². The number of amides is 2. The number of fused-ring (bicyclic) bond motifs is 1. The second kappa shape index (κ2) is 8.91. The van der Waals surface area contributed by atoms with E-state index in [9.17, 15) is 18.8 Å². The summed E-state index contributed by atoms with van der Waals surface area (Å²) in [7, 11) is 0. The summed E-state index contributed by atoms with van der Waals surface area (Å²) >= 11 is 6.97. The molecule has 1 aliphatic heterocycles. The summed E-state index contributed by atoms with van der Waals surface area (Å²) in [5, 5.41) is 5.97. The first-order valence-corrected chi connectivity index (χ1v) is 10.6. The fourth-order valence-electron chi connectivity index (χ4n) is 3.17. The zero-order valence-electron chi connectivity index (χ0n) is 15.9. The first-order valence-electron chi connectivity index (χ1n) is 9.27. The average molecular weight is 459 g/mol. The Morgan fingerprint density at radius 1 is 1.19 bits per heavy atom. The molecular formula is C21H16ClFN4O3S. The summed E-state index contributed by atoms with van der Waals surface area (Å²) < 4.78 is 13.8. The minimum atomic E-state index is -0.999. The maximum Gasteiger partial charge on any atom is 0.257 e. The lowest BCUT2D eigenvalue weighted by Gasteiger charge is -2.23. The highest BCUT2D eigenvalue weighted by atomic mass is 35.5. The molecule has 0 saturated heterocycles. The number of halogens is 2. The standard InChI is InChI=1S/C21H16ClFN4O3S/c22-12-5-7-13(8-6-12)24-19(29)14-9-16(28)25-18-17(14)20(30)27-21(26-18)31-10-11-3-1-2-4-15(11)23/h1-8,14H,9-10H2,(H,24,29)(H2,25,26,27,28,30)/t14-/m0/s1. The molecule has 4 rings (SSSR count). The number of H-pyrrole nitrogens is 1. The van der Waals surface area contributed by atoms with Crippen LogP contribution in [0.15, 0.2) is 58.5 Å². The fraction of sp³-hybridized carbons (Fsp3) is 0.143. The van der Waals surface area contributed by atoms with E-state index in [-0.39, 0.29) is 34.5 Å². The number of nitrogens with zero attached hydrogens (tertiary/aromatic N) is 1. The number of hydrogen-bond donors (Lipinski definition) is 3. The van der Waals surface area contributed by atoms with E-state index in [4.69, 9.17) is 11.6 Å². The molecule has 1 aliphatic rings. The van der Waals surface area contributed by atoms with Crippen LogP contribution in [0.4, 0.5) is 15.9 Å². The van der Waals surface area contributed by atoms with E-state index in [1.54, 1.807) is 42.5 Å². The van der Waals surface area contributed by atoms with Gasteiger partial charge in [0.05, 0.1) is 11.5 Å². The molecule has 2 aromatic carbocycles. The molecule has 3 N–H and O–H groups in total. The Morgan fingerprint density at radius 3 is 2.68 bits per heavy atom. The van der Waals surface area contributed by atoms with Crippen LogP contribution in [0.1, 0.15) is 23.5 Å². The van der Waals surface area contributed by atoms with Crippen molar-refractivity contribution in [2.75, 3.05) is 10.6 Å².